The summed E-state index contributed by atoms with van der Waals surface area (Å²) in [6.07, 6.45) is 5.64. The van der Waals surface area contributed by atoms with Gasteiger partial charge in [0.25, 0.3) is 0 Å². The van der Waals surface area contributed by atoms with Crippen molar-refractivity contribution in [2.75, 3.05) is 0 Å². The minimum absolute atomic E-state index is 0.352. The Morgan fingerprint density at radius 3 is 1.90 bits per heavy atom. The number of para-hydroxylation sites is 1. The first-order valence-electron chi connectivity index (χ1n) is 17.7. The molecule has 4 aromatic heterocycles. The van der Waals surface area contributed by atoms with Gasteiger partial charge in [-0.2, -0.15) is 0 Å². The molecule has 0 saturated heterocycles. The molecule has 1 unspecified atom stereocenters. The number of benzene rings is 6. The van der Waals surface area contributed by atoms with Crippen LogP contribution in [-0.4, -0.2) is 19.5 Å². The van der Waals surface area contributed by atoms with Crippen LogP contribution in [0.3, 0.4) is 0 Å². The quantitative estimate of drug-likeness (QED) is 0.185. The van der Waals surface area contributed by atoms with Crippen molar-refractivity contribution in [2.24, 2.45) is 0 Å². The van der Waals surface area contributed by atoms with E-state index >= 15 is 0 Å². The summed E-state index contributed by atoms with van der Waals surface area (Å²) in [5.74, 6) is 2.30. The molecule has 5 nitrogen and oxygen atoms in total. The van der Waals surface area contributed by atoms with Crippen LogP contribution in [-0.2, 0) is 0 Å². The predicted octanol–water partition coefficient (Wildman–Crippen LogP) is 12.6. The van der Waals surface area contributed by atoms with Crippen molar-refractivity contribution in [1.82, 2.24) is 19.5 Å². The van der Waals surface area contributed by atoms with Crippen molar-refractivity contribution in [1.29, 1.82) is 0 Å². The van der Waals surface area contributed by atoms with Crippen LogP contribution in [0.15, 0.2) is 144 Å². The summed E-state index contributed by atoms with van der Waals surface area (Å²) in [7, 11) is 0. The van der Waals surface area contributed by atoms with E-state index < -0.39 is 0 Å². The van der Waals surface area contributed by atoms with Gasteiger partial charge in [-0.05, 0) is 60.4 Å². The van der Waals surface area contributed by atoms with Gasteiger partial charge >= 0.3 is 0 Å². The molecular weight excluding hydrogens is 657 g/mol. The van der Waals surface area contributed by atoms with E-state index in [0.717, 1.165) is 45.4 Å². The lowest BCUT2D eigenvalue weighted by Crippen LogP contribution is -2.03. The Morgan fingerprint density at radius 2 is 1.21 bits per heavy atom. The summed E-state index contributed by atoms with van der Waals surface area (Å²) in [6, 6.07) is 46.2. The van der Waals surface area contributed by atoms with E-state index in [1.165, 1.54) is 47.7 Å². The molecule has 0 bridgehead atoms. The van der Waals surface area contributed by atoms with Crippen molar-refractivity contribution in [3.05, 3.63) is 151 Å². The molecule has 0 fully saturated rings. The lowest BCUT2D eigenvalue weighted by Gasteiger charge is -2.17. The van der Waals surface area contributed by atoms with Gasteiger partial charge < -0.3 is 8.98 Å². The molecule has 246 valence electrons. The van der Waals surface area contributed by atoms with E-state index in [2.05, 4.69) is 96.4 Å². The normalized spacial score (nSPS) is 14.3. The molecule has 6 aromatic carbocycles. The topological polar surface area (TPSA) is 56.7 Å². The zero-order chi connectivity index (χ0) is 34.3. The SMILES string of the molecule is CC1CC=Cc2c1c1c3c4ccccc4oc3c3c4ccccc4sc3c1n2-c1ccc(-c2nc(-c3ccccc3)nc(-c3ccccc3)n2)cc1. The van der Waals surface area contributed by atoms with Gasteiger partial charge in [0.2, 0.25) is 0 Å². The molecule has 0 saturated carbocycles. The van der Waals surface area contributed by atoms with Crippen LogP contribution in [0.25, 0.3) is 98.9 Å². The Hall–Kier alpha value is -6.37. The maximum atomic E-state index is 6.79. The zero-order valence-corrected chi connectivity index (χ0v) is 29.1. The first kappa shape index (κ1) is 29.4. The molecule has 0 radical (unpaired) electrons. The number of hydrogen-bond donors (Lipinski definition) is 0. The third kappa shape index (κ3) is 4.31. The molecule has 0 amide bonds. The van der Waals surface area contributed by atoms with Gasteiger partial charge in [0.05, 0.1) is 15.9 Å². The van der Waals surface area contributed by atoms with Gasteiger partial charge in [0.1, 0.15) is 11.2 Å². The molecule has 0 aliphatic heterocycles. The standard InChI is InChI=1S/C46H30N4OS/c1-27-13-12-20-34-37(27)40-38-32-18-8-10-21-35(32)51-42(38)39-33-19-9-11-22-36(33)52-43(39)41(40)50(34)31-25-23-30(24-26-31)46-48-44(28-14-4-2-5-15-28)47-45(49-46)29-16-6-3-7-17-29/h2-12,14-27H,13H2,1H3. The van der Waals surface area contributed by atoms with Crippen LogP contribution in [0, 0.1) is 0 Å². The number of allylic oxidation sites excluding steroid dienone is 1. The molecule has 1 atom stereocenters. The third-order valence-corrected chi connectivity index (χ3v) is 11.6. The molecule has 11 rings (SSSR count). The van der Waals surface area contributed by atoms with Crippen LogP contribution in [0.5, 0.6) is 0 Å². The smallest absolute Gasteiger partial charge is 0.164 e. The zero-order valence-electron chi connectivity index (χ0n) is 28.2. The summed E-state index contributed by atoms with van der Waals surface area (Å²) in [6.45, 7) is 2.36. The van der Waals surface area contributed by atoms with Crippen LogP contribution in [0.2, 0.25) is 0 Å². The van der Waals surface area contributed by atoms with Crippen LogP contribution in [0.4, 0.5) is 0 Å². The summed E-state index contributed by atoms with van der Waals surface area (Å²) in [5.41, 5.74) is 9.71. The highest BCUT2D eigenvalue weighted by Crippen LogP contribution is 2.52. The third-order valence-electron chi connectivity index (χ3n) is 10.5. The number of furan rings is 1. The Labute approximate surface area is 303 Å². The highest BCUT2D eigenvalue weighted by molar-refractivity contribution is 7.27. The highest BCUT2D eigenvalue weighted by atomic mass is 32.1. The second kappa shape index (κ2) is 11.3. The van der Waals surface area contributed by atoms with Gasteiger partial charge in [0.15, 0.2) is 17.5 Å². The molecule has 0 N–H and O–H groups in total. The highest BCUT2D eigenvalue weighted by Gasteiger charge is 2.30. The monoisotopic (exact) mass is 686 g/mol. The lowest BCUT2D eigenvalue weighted by molar-refractivity contribution is 0.673. The van der Waals surface area contributed by atoms with Crippen molar-refractivity contribution >= 4 is 70.4 Å². The Kier molecular flexibility index (Phi) is 6.39. The van der Waals surface area contributed by atoms with Gasteiger partial charge in [0, 0.05) is 54.0 Å². The van der Waals surface area contributed by atoms with Gasteiger partial charge in [-0.15, -0.1) is 11.3 Å². The molecule has 52 heavy (non-hydrogen) atoms. The molecule has 4 heterocycles. The summed E-state index contributed by atoms with van der Waals surface area (Å²) in [4.78, 5) is 14.9. The van der Waals surface area contributed by atoms with Crippen molar-refractivity contribution in [2.45, 2.75) is 19.3 Å². The van der Waals surface area contributed by atoms with E-state index in [1.807, 2.05) is 72.0 Å². The molecule has 10 aromatic rings. The number of aromatic nitrogens is 4. The maximum Gasteiger partial charge on any atom is 0.164 e. The minimum atomic E-state index is 0.352. The fourth-order valence-electron chi connectivity index (χ4n) is 8.11. The number of fused-ring (bicyclic) bond motifs is 12. The average Bonchev–Trinajstić information content (AvgIpc) is 3.89. The Bertz CT molecular complexity index is 2990. The molecule has 0 spiro atoms. The molecular formula is C46H30N4OS. The molecule has 6 heteroatoms. The number of rotatable bonds is 4. The first-order valence-corrected chi connectivity index (χ1v) is 18.5. The lowest BCUT2D eigenvalue weighted by atomic mass is 9.89. The second-order valence-corrected chi connectivity index (χ2v) is 14.6. The van der Waals surface area contributed by atoms with E-state index in [1.54, 1.807) is 0 Å². The van der Waals surface area contributed by atoms with E-state index in [4.69, 9.17) is 19.4 Å². The summed E-state index contributed by atoms with van der Waals surface area (Å²) in [5, 5.41) is 6.09. The fraction of sp³-hybridized carbons (Fsp3) is 0.0652. The van der Waals surface area contributed by atoms with Crippen LogP contribution < -0.4 is 0 Å². The predicted molar refractivity (Wildman–Crippen MR) is 215 cm³/mol. The minimum Gasteiger partial charge on any atom is -0.455 e. The van der Waals surface area contributed by atoms with E-state index in [9.17, 15) is 0 Å². The summed E-state index contributed by atoms with van der Waals surface area (Å²) >= 11 is 1.86. The Morgan fingerprint density at radius 1 is 0.615 bits per heavy atom. The van der Waals surface area contributed by atoms with Crippen molar-refractivity contribution in [3.8, 4) is 39.9 Å². The van der Waals surface area contributed by atoms with Gasteiger partial charge in [-0.25, -0.2) is 15.0 Å². The maximum absolute atomic E-state index is 6.79. The number of nitrogens with zero attached hydrogens (tertiary/aromatic N) is 4. The fourth-order valence-corrected chi connectivity index (χ4v) is 9.36. The number of thiophene rings is 1. The second-order valence-electron chi connectivity index (χ2n) is 13.6. The summed E-state index contributed by atoms with van der Waals surface area (Å²) < 4.78 is 11.8. The van der Waals surface area contributed by atoms with E-state index in [0.29, 0.717) is 23.4 Å². The first-order chi connectivity index (χ1) is 25.7. The van der Waals surface area contributed by atoms with E-state index in [-0.39, 0.29) is 0 Å². The Balaban J connectivity index is 1.18. The van der Waals surface area contributed by atoms with Gasteiger partial charge in [-0.3, -0.25) is 0 Å². The largest absolute Gasteiger partial charge is 0.455 e. The van der Waals surface area contributed by atoms with Crippen molar-refractivity contribution < 1.29 is 4.42 Å². The van der Waals surface area contributed by atoms with Gasteiger partial charge in [-0.1, -0.05) is 110 Å². The molecule has 1 aliphatic carbocycles. The average molecular weight is 687 g/mol. The van der Waals surface area contributed by atoms with Crippen LogP contribution >= 0.6 is 11.3 Å². The number of hydrogen-bond acceptors (Lipinski definition) is 5. The molecule has 1 aliphatic rings. The van der Waals surface area contributed by atoms with Crippen LogP contribution in [0.1, 0.15) is 30.5 Å². The van der Waals surface area contributed by atoms with Crippen molar-refractivity contribution in [3.63, 3.8) is 0 Å².